The Morgan fingerprint density at radius 2 is 1.14 bits per heavy atom. The fraction of sp³-hybridized carbons (Fsp3) is 0.250. The highest BCUT2D eigenvalue weighted by Crippen LogP contribution is 2.49. The monoisotopic (exact) mass is 553 g/mol. The van der Waals surface area contributed by atoms with Gasteiger partial charge in [-0.3, -0.25) is 0 Å². The predicted molar refractivity (Wildman–Crippen MR) is 172 cm³/mol. The van der Waals surface area contributed by atoms with E-state index in [0.29, 0.717) is 25.0 Å². The van der Waals surface area contributed by atoms with Crippen LogP contribution in [-0.4, -0.2) is 38.7 Å². The van der Waals surface area contributed by atoms with Gasteiger partial charge in [0.15, 0.2) is 17.5 Å². The predicted octanol–water partition coefficient (Wildman–Crippen LogP) is 6.72. The lowest BCUT2D eigenvalue weighted by Gasteiger charge is -2.37. The SMILES string of the molecule is CC1(C)c2ccccc2-c2ccc(-c3nc(-c4ccccc4)nc(-c4ccc(BOC(C)(C)C(C)(C)O)cc4)n3)cc21. The third-order valence-corrected chi connectivity index (χ3v) is 8.79. The van der Waals surface area contributed by atoms with Gasteiger partial charge in [0, 0.05) is 22.1 Å². The molecule has 0 amide bonds. The average Bonchev–Trinajstić information content (AvgIpc) is 3.22. The largest absolute Gasteiger partial charge is 0.427 e. The zero-order valence-electron chi connectivity index (χ0n) is 25.1. The molecule has 4 aromatic carbocycles. The number of benzene rings is 4. The third kappa shape index (κ3) is 5.06. The lowest BCUT2D eigenvalue weighted by Crippen LogP contribution is -2.49. The van der Waals surface area contributed by atoms with E-state index in [1.54, 1.807) is 13.8 Å². The van der Waals surface area contributed by atoms with Crippen LogP contribution in [0.3, 0.4) is 0 Å². The van der Waals surface area contributed by atoms with Gasteiger partial charge in [-0.15, -0.1) is 0 Å². The van der Waals surface area contributed by atoms with Gasteiger partial charge >= 0.3 is 7.48 Å². The van der Waals surface area contributed by atoms with Crippen LogP contribution >= 0.6 is 0 Å². The minimum absolute atomic E-state index is 0.113. The Bertz CT molecular complexity index is 1760. The summed E-state index contributed by atoms with van der Waals surface area (Å²) < 4.78 is 6.06. The highest BCUT2D eigenvalue weighted by molar-refractivity contribution is 6.47. The molecule has 0 unspecified atom stereocenters. The van der Waals surface area contributed by atoms with Crippen molar-refractivity contribution in [1.82, 2.24) is 15.0 Å². The van der Waals surface area contributed by atoms with Crippen molar-refractivity contribution in [2.75, 3.05) is 0 Å². The summed E-state index contributed by atoms with van der Waals surface area (Å²) >= 11 is 0. The van der Waals surface area contributed by atoms with Gasteiger partial charge in [-0.05, 0) is 56.0 Å². The standard InChI is InChI=1S/C36H36BN3O2/c1-34(2)29-15-11-10-14-27(29)28-21-18-25(22-30(28)34)33-39-31(23-12-8-7-9-13-23)38-32(40-33)24-16-19-26(20-17-24)37-42-36(5,6)35(3,4)41/h7-22,37,41H,1-6H3. The fourth-order valence-electron chi connectivity index (χ4n) is 5.38. The zero-order valence-corrected chi connectivity index (χ0v) is 25.1. The molecular weight excluding hydrogens is 517 g/mol. The Kier molecular flexibility index (Phi) is 6.87. The van der Waals surface area contributed by atoms with Crippen LogP contribution < -0.4 is 5.46 Å². The lowest BCUT2D eigenvalue weighted by atomic mass is 9.82. The van der Waals surface area contributed by atoms with E-state index in [0.717, 1.165) is 22.2 Å². The second-order valence-electron chi connectivity index (χ2n) is 12.7. The summed E-state index contributed by atoms with van der Waals surface area (Å²) in [4.78, 5) is 14.8. The number of nitrogens with zero attached hydrogens (tertiary/aromatic N) is 3. The van der Waals surface area contributed by atoms with E-state index in [4.69, 9.17) is 19.6 Å². The number of rotatable bonds is 7. The van der Waals surface area contributed by atoms with Crippen molar-refractivity contribution in [3.05, 3.63) is 108 Å². The van der Waals surface area contributed by atoms with Gasteiger partial charge in [0.1, 0.15) is 0 Å². The Hall–Kier alpha value is -4.13. The van der Waals surface area contributed by atoms with Crippen LogP contribution in [-0.2, 0) is 10.1 Å². The van der Waals surface area contributed by atoms with Gasteiger partial charge in [-0.1, -0.05) is 110 Å². The molecular formula is C36H36BN3O2. The number of aliphatic hydroxyl groups is 1. The van der Waals surface area contributed by atoms with Crippen LogP contribution in [0.15, 0.2) is 97.1 Å². The first-order valence-corrected chi connectivity index (χ1v) is 14.5. The molecule has 0 radical (unpaired) electrons. The molecule has 6 heteroatoms. The molecule has 5 nitrogen and oxygen atoms in total. The third-order valence-electron chi connectivity index (χ3n) is 8.79. The van der Waals surface area contributed by atoms with Crippen molar-refractivity contribution >= 4 is 12.9 Å². The molecule has 1 heterocycles. The Morgan fingerprint density at radius 3 is 1.79 bits per heavy atom. The number of hydrogen-bond donors (Lipinski definition) is 1. The summed E-state index contributed by atoms with van der Waals surface area (Å²) in [5, 5.41) is 10.4. The van der Waals surface area contributed by atoms with E-state index in [-0.39, 0.29) is 5.41 Å². The van der Waals surface area contributed by atoms with Crippen molar-refractivity contribution < 1.29 is 9.76 Å². The van der Waals surface area contributed by atoms with Gasteiger partial charge in [-0.25, -0.2) is 15.0 Å². The Morgan fingerprint density at radius 1 is 0.619 bits per heavy atom. The van der Waals surface area contributed by atoms with E-state index in [2.05, 4.69) is 56.3 Å². The normalized spacial score (nSPS) is 13.9. The Balaban J connectivity index is 1.38. The summed E-state index contributed by atoms with van der Waals surface area (Å²) in [5.74, 6) is 1.90. The molecule has 5 aromatic rings. The maximum Gasteiger partial charge on any atom is 0.309 e. The molecule has 1 aliphatic rings. The van der Waals surface area contributed by atoms with Crippen molar-refractivity contribution in [2.45, 2.75) is 58.2 Å². The van der Waals surface area contributed by atoms with Crippen molar-refractivity contribution in [3.8, 4) is 45.3 Å². The number of hydrogen-bond acceptors (Lipinski definition) is 5. The van der Waals surface area contributed by atoms with Crippen LogP contribution in [0.5, 0.6) is 0 Å². The molecule has 0 atom stereocenters. The van der Waals surface area contributed by atoms with Gasteiger partial charge in [-0.2, -0.15) is 0 Å². The molecule has 0 saturated carbocycles. The summed E-state index contributed by atoms with van der Waals surface area (Å²) in [5.41, 5.74) is 7.23. The molecule has 0 aliphatic heterocycles. The maximum atomic E-state index is 10.4. The van der Waals surface area contributed by atoms with E-state index in [1.165, 1.54) is 22.3 Å². The van der Waals surface area contributed by atoms with E-state index in [9.17, 15) is 5.11 Å². The minimum atomic E-state index is -0.961. The van der Waals surface area contributed by atoms with Gasteiger partial charge in [0.25, 0.3) is 0 Å². The van der Waals surface area contributed by atoms with Crippen LogP contribution in [0.1, 0.15) is 52.7 Å². The summed E-state index contributed by atoms with van der Waals surface area (Å²) in [6.45, 7) is 11.9. The molecule has 1 aromatic heterocycles. The topological polar surface area (TPSA) is 68.1 Å². The number of aromatic nitrogens is 3. The van der Waals surface area contributed by atoms with Crippen molar-refractivity contribution in [3.63, 3.8) is 0 Å². The second-order valence-corrected chi connectivity index (χ2v) is 12.7. The molecule has 210 valence electrons. The first-order valence-electron chi connectivity index (χ1n) is 14.5. The van der Waals surface area contributed by atoms with Gasteiger partial charge < -0.3 is 9.76 Å². The minimum Gasteiger partial charge on any atom is -0.427 e. The van der Waals surface area contributed by atoms with E-state index in [1.807, 2.05) is 68.4 Å². The first-order chi connectivity index (χ1) is 19.9. The van der Waals surface area contributed by atoms with Gasteiger partial charge in [0.05, 0.1) is 11.2 Å². The Labute approximate surface area is 249 Å². The zero-order chi connectivity index (χ0) is 29.7. The van der Waals surface area contributed by atoms with Crippen LogP contribution in [0.4, 0.5) is 0 Å². The molecule has 6 rings (SSSR count). The molecule has 0 bridgehead atoms. The first kappa shape index (κ1) is 28.0. The highest BCUT2D eigenvalue weighted by atomic mass is 16.5. The smallest absolute Gasteiger partial charge is 0.309 e. The average molecular weight is 554 g/mol. The molecule has 42 heavy (non-hydrogen) atoms. The van der Waals surface area contributed by atoms with Crippen molar-refractivity contribution in [1.29, 1.82) is 0 Å². The van der Waals surface area contributed by atoms with E-state index < -0.39 is 11.2 Å². The summed E-state index contributed by atoms with van der Waals surface area (Å²) in [6.07, 6.45) is 0. The van der Waals surface area contributed by atoms with Crippen LogP contribution in [0.25, 0.3) is 45.3 Å². The lowest BCUT2D eigenvalue weighted by molar-refractivity contribution is -0.0893. The maximum absolute atomic E-state index is 10.4. The molecule has 1 N–H and O–H groups in total. The molecule has 0 spiro atoms. The van der Waals surface area contributed by atoms with Crippen LogP contribution in [0, 0.1) is 0 Å². The number of fused-ring (bicyclic) bond motifs is 3. The van der Waals surface area contributed by atoms with Gasteiger partial charge in [0.2, 0.25) is 0 Å². The summed E-state index contributed by atoms with van der Waals surface area (Å²) in [7, 11) is 0.391. The van der Waals surface area contributed by atoms with Crippen LogP contribution in [0.2, 0.25) is 0 Å². The molecule has 0 fully saturated rings. The van der Waals surface area contributed by atoms with E-state index >= 15 is 0 Å². The summed E-state index contributed by atoms with van der Waals surface area (Å²) in [6, 6.07) is 33.3. The fourth-order valence-corrected chi connectivity index (χ4v) is 5.38. The molecule has 0 saturated heterocycles. The quantitative estimate of drug-likeness (QED) is 0.227. The van der Waals surface area contributed by atoms with Crippen molar-refractivity contribution in [2.24, 2.45) is 0 Å². The second kappa shape index (κ2) is 10.3. The molecule has 1 aliphatic carbocycles. The highest BCUT2D eigenvalue weighted by Gasteiger charge is 2.36.